The number of aliphatic hydroxyl groups is 2. The van der Waals surface area contributed by atoms with Crippen molar-refractivity contribution in [3.8, 4) is 0 Å². The molecule has 2 unspecified atom stereocenters. The smallest absolute Gasteiger partial charge is 0.305 e. The second-order valence-corrected chi connectivity index (χ2v) is 21.7. The summed E-state index contributed by atoms with van der Waals surface area (Å²) in [5, 5.41) is 23.3. The van der Waals surface area contributed by atoms with Crippen LogP contribution in [0.2, 0.25) is 0 Å². The molecule has 2 atom stereocenters. The van der Waals surface area contributed by atoms with Gasteiger partial charge in [0.15, 0.2) is 0 Å². The van der Waals surface area contributed by atoms with Gasteiger partial charge in [0.25, 0.3) is 0 Å². The molecule has 6 nitrogen and oxygen atoms in total. The number of allylic oxidation sites excluding steroid dienone is 2. The third-order valence-corrected chi connectivity index (χ3v) is 14.8. The van der Waals surface area contributed by atoms with Crippen LogP contribution >= 0.6 is 0 Å². The van der Waals surface area contributed by atoms with E-state index in [0.717, 1.165) is 44.9 Å². The van der Waals surface area contributed by atoms with Crippen LogP contribution in [0.4, 0.5) is 0 Å². The first kappa shape index (κ1) is 67.6. The highest BCUT2D eigenvalue weighted by Gasteiger charge is 2.20. The van der Waals surface area contributed by atoms with Crippen molar-refractivity contribution in [2.45, 2.75) is 366 Å². The molecule has 0 saturated heterocycles. The second kappa shape index (κ2) is 59.2. The lowest BCUT2D eigenvalue weighted by molar-refractivity contribution is -0.143. The molecule has 0 heterocycles. The number of amides is 1. The fraction of sp³-hybridized carbons (Fsp3) is 0.937. The van der Waals surface area contributed by atoms with Crippen molar-refractivity contribution in [3.05, 3.63) is 12.2 Å². The Labute approximate surface area is 431 Å². The Morgan fingerprint density at radius 1 is 0.391 bits per heavy atom. The largest absolute Gasteiger partial charge is 0.466 e. The normalized spacial score (nSPS) is 12.6. The fourth-order valence-corrected chi connectivity index (χ4v) is 9.99. The Bertz CT molecular complexity index is 1030. The third kappa shape index (κ3) is 55.8. The molecule has 0 aromatic carbocycles. The van der Waals surface area contributed by atoms with E-state index in [1.807, 2.05) is 0 Å². The highest BCUT2D eigenvalue weighted by molar-refractivity contribution is 5.76. The van der Waals surface area contributed by atoms with Crippen LogP contribution < -0.4 is 5.32 Å². The molecule has 0 saturated carbocycles. The number of hydrogen-bond donors (Lipinski definition) is 3. The van der Waals surface area contributed by atoms with Gasteiger partial charge in [-0.3, -0.25) is 9.59 Å². The SMILES string of the molecule is CCCCCCCC/C=C\CCCCCCCCCCCC(=O)OCCCCCCCCCCCCCCCCCC(=O)NC(CO)C(O)CCCCCCCCCCCCCCCCCCCC. The average molecular weight is 975 g/mol. The number of carbonyl (C=O) groups excluding carboxylic acids is 2. The minimum absolute atomic E-state index is 0.00141. The number of hydrogen-bond acceptors (Lipinski definition) is 5. The highest BCUT2D eigenvalue weighted by atomic mass is 16.5. The van der Waals surface area contributed by atoms with E-state index in [9.17, 15) is 19.8 Å². The molecule has 410 valence electrons. The van der Waals surface area contributed by atoms with Crippen LogP contribution in [-0.2, 0) is 14.3 Å². The van der Waals surface area contributed by atoms with E-state index in [1.165, 1.54) is 276 Å². The number of ether oxygens (including phenoxy) is 1. The maximum Gasteiger partial charge on any atom is 0.305 e. The van der Waals surface area contributed by atoms with Crippen molar-refractivity contribution in [2.75, 3.05) is 13.2 Å². The standard InChI is InChI=1S/C63H123NO5/c1-3-5-7-9-11-13-15-17-19-21-23-25-29-33-37-41-45-49-53-57-63(68)69-58-54-50-46-42-38-34-30-26-28-32-36-40-44-48-52-56-62(67)64-60(59-65)61(66)55-51-47-43-39-35-31-27-24-22-20-18-16-14-12-10-8-6-4-2/h17,19,60-61,65-66H,3-16,18,20-59H2,1-2H3,(H,64,67)/b19-17-. The van der Waals surface area contributed by atoms with Gasteiger partial charge in [-0.05, 0) is 51.4 Å². The number of rotatable bonds is 59. The van der Waals surface area contributed by atoms with Crippen LogP contribution in [0.1, 0.15) is 354 Å². The second-order valence-electron chi connectivity index (χ2n) is 21.7. The molecule has 1 amide bonds. The predicted octanol–water partition coefficient (Wildman–Crippen LogP) is 19.6. The summed E-state index contributed by atoms with van der Waals surface area (Å²) >= 11 is 0. The van der Waals surface area contributed by atoms with Crippen LogP contribution in [-0.4, -0.2) is 47.4 Å². The number of carbonyl (C=O) groups is 2. The van der Waals surface area contributed by atoms with Crippen molar-refractivity contribution < 1.29 is 24.5 Å². The number of unbranched alkanes of at least 4 members (excludes halogenated alkanes) is 46. The molecule has 3 N–H and O–H groups in total. The highest BCUT2D eigenvalue weighted by Crippen LogP contribution is 2.18. The summed E-state index contributed by atoms with van der Waals surface area (Å²) in [5.74, 6) is -0.0386. The number of aliphatic hydroxyl groups excluding tert-OH is 2. The Balaban J connectivity index is 3.41. The summed E-state index contributed by atoms with van der Waals surface area (Å²) in [4.78, 5) is 24.6. The lowest BCUT2D eigenvalue weighted by atomic mass is 10.0. The summed E-state index contributed by atoms with van der Waals surface area (Å²) < 4.78 is 5.49. The van der Waals surface area contributed by atoms with Crippen LogP contribution in [0.5, 0.6) is 0 Å². The molecule has 69 heavy (non-hydrogen) atoms. The first-order valence-corrected chi connectivity index (χ1v) is 31.4. The summed E-state index contributed by atoms with van der Waals surface area (Å²) in [6.07, 6.45) is 70.7. The van der Waals surface area contributed by atoms with E-state index in [-0.39, 0.29) is 18.5 Å². The Kier molecular flexibility index (Phi) is 58.0. The maximum absolute atomic E-state index is 12.5. The number of esters is 1. The molecular formula is C63H123NO5. The molecule has 0 rings (SSSR count). The molecule has 0 aromatic rings. The van der Waals surface area contributed by atoms with Gasteiger partial charge in [-0.15, -0.1) is 0 Å². The van der Waals surface area contributed by atoms with Gasteiger partial charge < -0.3 is 20.3 Å². The predicted molar refractivity (Wildman–Crippen MR) is 301 cm³/mol. The van der Waals surface area contributed by atoms with E-state index in [1.54, 1.807) is 0 Å². The molecule has 0 radical (unpaired) electrons. The zero-order valence-electron chi connectivity index (χ0n) is 46.8. The van der Waals surface area contributed by atoms with Gasteiger partial charge >= 0.3 is 5.97 Å². The minimum atomic E-state index is -0.670. The minimum Gasteiger partial charge on any atom is -0.466 e. The molecule has 0 aliphatic carbocycles. The summed E-state index contributed by atoms with van der Waals surface area (Å²) in [6, 6.07) is -0.548. The van der Waals surface area contributed by atoms with E-state index in [2.05, 4.69) is 31.3 Å². The average Bonchev–Trinajstić information content (AvgIpc) is 3.35. The van der Waals surface area contributed by atoms with Gasteiger partial charge in [-0.1, -0.05) is 302 Å². The quantitative estimate of drug-likeness (QED) is 0.0321. The fourth-order valence-electron chi connectivity index (χ4n) is 9.99. The van der Waals surface area contributed by atoms with Crippen molar-refractivity contribution in [3.63, 3.8) is 0 Å². The third-order valence-electron chi connectivity index (χ3n) is 14.8. The first-order chi connectivity index (χ1) is 34.0. The van der Waals surface area contributed by atoms with Crippen LogP contribution in [0.15, 0.2) is 12.2 Å². The van der Waals surface area contributed by atoms with Crippen molar-refractivity contribution in [1.29, 1.82) is 0 Å². The van der Waals surface area contributed by atoms with Gasteiger partial charge in [0.05, 0.1) is 25.4 Å². The lowest BCUT2D eigenvalue weighted by Gasteiger charge is -2.22. The van der Waals surface area contributed by atoms with Crippen molar-refractivity contribution >= 4 is 11.9 Å². The summed E-state index contributed by atoms with van der Waals surface area (Å²) in [6.45, 7) is 4.96. The zero-order chi connectivity index (χ0) is 50.0. The molecular weight excluding hydrogens is 851 g/mol. The number of nitrogens with one attached hydrogen (secondary N) is 1. The van der Waals surface area contributed by atoms with Crippen LogP contribution in [0.3, 0.4) is 0 Å². The lowest BCUT2D eigenvalue weighted by Crippen LogP contribution is -2.45. The summed E-state index contributed by atoms with van der Waals surface area (Å²) in [5.41, 5.74) is 0. The van der Waals surface area contributed by atoms with Crippen molar-refractivity contribution in [2.24, 2.45) is 0 Å². The molecule has 6 heteroatoms. The Hall–Kier alpha value is -1.40. The van der Waals surface area contributed by atoms with Gasteiger partial charge in [0.1, 0.15) is 0 Å². The molecule has 0 bridgehead atoms. The van der Waals surface area contributed by atoms with Gasteiger partial charge in [0.2, 0.25) is 5.91 Å². The van der Waals surface area contributed by atoms with E-state index in [4.69, 9.17) is 4.74 Å². The van der Waals surface area contributed by atoms with E-state index in [0.29, 0.717) is 25.9 Å². The van der Waals surface area contributed by atoms with Gasteiger partial charge in [-0.2, -0.15) is 0 Å². The Morgan fingerprint density at radius 2 is 0.681 bits per heavy atom. The van der Waals surface area contributed by atoms with Gasteiger partial charge in [0, 0.05) is 12.8 Å². The topological polar surface area (TPSA) is 95.9 Å². The van der Waals surface area contributed by atoms with Crippen LogP contribution in [0, 0.1) is 0 Å². The maximum atomic E-state index is 12.5. The Morgan fingerprint density at radius 3 is 1.03 bits per heavy atom. The van der Waals surface area contributed by atoms with E-state index < -0.39 is 12.1 Å². The summed E-state index contributed by atoms with van der Waals surface area (Å²) in [7, 11) is 0. The molecule has 0 aliphatic heterocycles. The molecule has 0 aromatic heterocycles. The molecule has 0 spiro atoms. The van der Waals surface area contributed by atoms with Gasteiger partial charge in [-0.25, -0.2) is 0 Å². The van der Waals surface area contributed by atoms with E-state index >= 15 is 0 Å². The molecule has 0 aliphatic rings. The first-order valence-electron chi connectivity index (χ1n) is 31.4. The monoisotopic (exact) mass is 974 g/mol. The zero-order valence-corrected chi connectivity index (χ0v) is 46.8. The van der Waals surface area contributed by atoms with Crippen LogP contribution in [0.25, 0.3) is 0 Å². The molecule has 0 fully saturated rings. The van der Waals surface area contributed by atoms with Crippen molar-refractivity contribution in [1.82, 2.24) is 5.32 Å².